The first kappa shape index (κ1) is 17.2. The molecule has 4 nitrogen and oxygen atoms in total. The minimum Gasteiger partial charge on any atom is -0.465 e. The number of aliphatic hydroxyl groups excluding tert-OH is 1. The lowest BCUT2D eigenvalue weighted by Crippen LogP contribution is -2.23. The predicted octanol–water partition coefficient (Wildman–Crippen LogP) is 4.05. The van der Waals surface area contributed by atoms with E-state index in [4.69, 9.17) is 5.11 Å². The van der Waals surface area contributed by atoms with Crippen molar-refractivity contribution in [3.63, 3.8) is 0 Å². The van der Waals surface area contributed by atoms with Gasteiger partial charge in [-0.1, -0.05) is 31.4 Å². The van der Waals surface area contributed by atoms with E-state index in [2.05, 4.69) is 11.4 Å². The fourth-order valence-corrected chi connectivity index (χ4v) is 4.02. The van der Waals surface area contributed by atoms with Gasteiger partial charge < -0.3 is 15.5 Å². The molecule has 0 aromatic heterocycles. The van der Waals surface area contributed by atoms with Gasteiger partial charge in [0.25, 0.3) is 0 Å². The molecule has 0 heterocycles. The maximum Gasteiger partial charge on any atom is 0.404 e. The van der Waals surface area contributed by atoms with Crippen molar-refractivity contribution >= 4 is 17.9 Å². The Hall–Kier alpha value is -1.20. The maximum atomic E-state index is 10.4. The summed E-state index contributed by atoms with van der Waals surface area (Å²) < 4.78 is 0. The summed E-state index contributed by atoms with van der Waals surface area (Å²) in [6, 6.07) is 7.97. The quantitative estimate of drug-likeness (QED) is 0.662. The number of aliphatic hydroxyl groups is 1. The Morgan fingerprint density at radius 2 is 2.09 bits per heavy atom. The lowest BCUT2D eigenvalue weighted by molar-refractivity contribution is 0.162. The molecule has 1 aromatic carbocycles. The molecule has 0 spiro atoms. The highest BCUT2D eigenvalue weighted by Crippen LogP contribution is 2.31. The second kappa shape index (κ2) is 9.06. The first-order valence-electron chi connectivity index (χ1n) is 8.03. The largest absolute Gasteiger partial charge is 0.465 e. The molecular weight excluding hydrogens is 298 g/mol. The Labute approximate surface area is 136 Å². The third-order valence-corrected chi connectivity index (χ3v) is 5.37. The molecule has 122 valence electrons. The van der Waals surface area contributed by atoms with Crippen molar-refractivity contribution in [2.24, 2.45) is 5.92 Å². The van der Waals surface area contributed by atoms with Gasteiger partial charge >= 0.3 is 6.09 Å². The molecule has 1 aliphatic carbocycles. The fourth-order valence-electron chi connectivity index (χ4n) is 2.86. The monoisotopic (exact) mass is 323 g/mol. The molecule has 0 radical (unpaired) electrons. The average Bonchev–Trinajstić information content (AvgIpc) is 2.54. The average molecular weight is 323 g/mol. The van der Waals surface area contributed by atoms with Crippen molar-refractivity contribution in [3.8, 4) is 0 Å². The zero-order chi connectivity index (χ0) is 15.8. The third kappa shape index (κ3) is 5.89. The number of amides is 1. The molecular formula is C17H25NO3S. The van der Waals surface area contributed by atoms with Crippen LogP contribution in [0.25, 0.3) is 0 Å². The van der Waals surface area contributed by atoms with Crippen LogP contribution in [-0.4, -0.2) is 28.6 Å². The molecule has 1 amide bonds. The lowest BCUT2D eigenvalue weighted by atomic mass is 9.91. The van der Waals surface area contributed by atoms with E-state index in [1.165, 1.54) is 37.0 Å². The van der Waals surface area contributed by atoms with E-state index in [-0.39, 0.29) is 6.54 Å². The number of carbonyl (C=O) groups is 1. The molecule has 1 unspecified atom stereocenters. The van der Waals surface area contributed by atoms with E-state index in [0.29, 0.717) is 6.42 Å². The maximum absolute atomic E-state index is 10.4. The number of hydrogen-bond acceptors (Lipinski definition) is 3. The van der Waals surface area contributed by atoms with Crippen LogP contribution in [0.5, 0.6) is 0 Å². The molecule has 1 saturated carbocycles. The summed E-state index contributed by atoms with van der Waals surface area (Å²) in [7, 11) is 0. The van der Waals surface area contributed by atoms with Gasteiger partial charge in [-0.25, -0.2) is 4.79 Å². The standard InChI is InChI=1S/C17H25NO3S/c19-16(9-10-18-17(20)21)14-7-4-8-15(11-14)22-12-13-5-2-1-3-6-13/h4,7-8,11,13,16,18-19H,1-3,5-6,9-10,12H2,(H,20,21). The number of nitrogens with one attached hydrogen (secondary N) is 1. The smallest absolute Gasteiger partial charge is 0.404 e. The molecule has 1 aliphatic rings. The molecule has 1 fully saturated rings. The van der Waals surface area contributed by atoms with Gasteiger partial charge in [-0.15, -0.1) is 11.8 Å². The summed E-state index contributed by atoms with van der Waals surface area (Å²) in [6.45, 7) is 0.260. The van der Waals surface area contributed by atoms with E-state index in [9.17, 15) is 9.90 Å². The summed E-state index contributed by atoms with van der Waals surface area (Å²) in [6.07, 6.45) is 5.51. The highest BCUT2D eigenvalue weighted by atomic mass is 32.2. The third-order valence-electron chi connectivity index (χ3n) is 4.15. The first-order chi connectivity index (χ1) is 10.6. The second-order valence-corrected chi connectivity index (χ2v) is 7.02. The summed E-state index contributed by atoms with van der Waals surface area (Å²) in [5.74, 6) is 1.98. The van der Waals surface area contributed by atoms with Crippen LogP contribution in [0.2, 0.25) is 0 Å². The second-order valence-electron chi connectivity index (χ2n) is 5.92. The number of thioether (sulfide) groups is 1. The van der Waals surface area contributed by atoms with Crippen molar-refractivity contribution < 1.29 is 15.0 Å². The van der Waals surface area contributed by atoms with Crippen LogP contribution in [0.1, 0.15) is 50.2 Å². The molecule has 5 heteroatoms. The Bertz CT molecular complexity index is 475. The first-order valence-corrected chi connectivity index (χ1v) is 9.01. The van der Waals surface area contributed by atoms with E-state index in [1.807, 2.05) is 30.0 Å². The fraction of sp³-hybridized carbons (Fsp3) is 0.588. The minimum absolute atomic E-state index is 0.260. The van der Waals surface area contributed by atoms with E-state index in [0.717, 1.165) is 17.2 Å². The molecule has 2 rings (SSSR count). The topological polar surface area (TPSA) is 69.6 Å². The molecule has 0 bridgehead atoms. The van der Waals surface area contributed by atoms with E-state index < -0.39 is 12.2 Å². The molecule has 1 atom stereocenters. The Morgan fingerprint density at radius 3 is 2.82 bits per heavy atom. The van der Waals surface area contributed by atoms with Gasteiger partial charge in [0.2, 0.25) is 0 Å². The Kier molecular flexibility index (Phi) is 7.06. The van der Waals surface area contributed by atoms with Crippen LogP contribution < -0.4 is 5.32 Å². The number of rotatable bonds is 7. The summed E-state index contributed by atoms with van der Waals surface area (Å²) in [4.78, 5) is 11.6. The normalized spacial score (nSPS) is 17.1. The van der Waals surface area contributed by atoms with Crippen LogP contribution >= 0.6 is 11.8 Å². The van der Waals surface area contributed by atoms with Crippen molar-refractivity contribution in [2.75, 3.05) is 12.3 Å². The predicted molar refractivity (Wildman–Crippen MR) is 89.3 cm³/mol. The molecule has 22 heavy (non-hydrogen) atoms. The van der Waals surface area contributed by atoms with Crippen LogP contribution in [0.3, 0.4) is 0 Å². The van der Waals surface area contributed by atoms with Gasteiger partial charge in [0.1, 0.15) is 0 Å². The van der Waals surface area contributed by atoms with Crippen LogP contribution in [-0.2, 0) is 0 Å². The van der Waals surface area contributed by atoms with Gasteiger partial charge in [-0.3, -0.25) is 0 Å². The number of hydrogen-bond donors (Lipinski definition) is 3. The summed E-state index contributed by atoms with van der Waals surface area (Å²) in [5.41, 5.74) is 0.862. The molecule has 3 N–H and O–H groups in total. The SMILES string of the molecule is O=C(O)NCCC(O)c1cccc(SCC2CCCCC2)c1. The van der Waals surface area contributed by atoms with Crippen LogP contribution in [0.15, 0.2) is 29.2 Å². The van der Waals surface area contributed by atoms with E-state index in [1.54, 1.807) is 0 Å². The van der Waals surface area contributed by atoms with Crippen molar-refractivity contribution in [1.29, 1.82) is 0 Å². The van der Waals surface area contributed by atoms with E-state index >= 15 is 0 Å². The number of carboxylic acid groups (broad SMARTS) is 1. The lowest BCUT2D eigenvalue weighted by Gasteiger charge is -2.21. The van der Waals surface area contributed by atoms with Gasteiger partial charge in [-0.2, -0.15) is 0 Å². The van der Waals surface area contributed by atoms with Crippen LogP contribution in [0.4, 0.5) is 4.79 Å². The van der Waals surface area contributed by atoms with Gasteiger partial charge in [0.05, 0.1) is 6.10 Å². The van der Waals surface area contributed by atoms with Gasteiger partial charge in [0.15, 0.2) is 0 Å². The Balaban J connectivity index is 1.81. The van der Waals surface area contributed by atoms with Gasteiger partial charge in [-0.05, 0) is 42.9 Å². The molecule has 1 aromatic rings. The van der Waals surface area contributed by atoms with Crippen molar-refractivity contribution in [2.45, 2.75) is 49.5 Å². The number of benzene rings is 1. The van der Waals surface area contributed by atoms with Gasteiger partial charge in [0, 0.05) is 17.2 Å². The Morgan fingerprint density at radius 1 is 1.32 bits per heavy atom. The summed E-state index contributed by atoms with van der Waals surface area (Å²) >= 11 is 1.87. The van der Waals surface area contributed by atoms with Crippen molar-refractivity contribution in [1.82, 2.24) is 5.32 Å². The zero-order valence-corrected chi connectivity index (χ0v) is 13.6. The van der Waals surface area contributed by atoms with Crippen LogP contribution in [0, 0.1) is 5.92 Å². The zero-order valence-electron chi connectivity index (χ0n) is 12.8. The minimum atomic E-state index is -1.05. The summed E-state index contributed by atoms with van der Waals surface area (Å²) in [5, 5.41) is 21.0. The molecule has 0 aliphatic heterocycles. The molecule has 0 saturated heterocycles. The highest BCUT2D eigenvalue weighted by Gasteiger charge is 2.14. The van der Waals surface area contributed by atoms with Crippen molar-refractivity contribution in [3.05, 3.63) is 29.8 Å². The highest BCUT2D eigenvalue weighted by molar-refractivity contribution is 7.99.